The summed E-state index contributed by atoms with van der Waals surface area (Å²) >= 11 is 7.50. The van der Waals surface area contributed by atoms with E-state index in [1.165, 1.54) is 4.88 Å². The highest BCUT2D eigenvalue weighted by molar-refractivity contribution is 7.16. The van der Waals surface area contributed by atoms with Gasteiger partial charge in [0.2, 0.25) is 0 Å². The summed E-state index contributed by atoms with van der Waals surface area (Å²) in [4.78, 5) is 1.24. The number of ether oxygens (including phenoxy) is 1. The zero-order valence-corrected chi connectivity index (χ0v) is 10.1. The van der Waals surface area contributed by atoms with E-state index in [2.05, 4.69) is 18.3 Å². The molecule has 0 amide bonds. The minimum atomic E-state index is 0.275. The van der Waals surface area contributed by atoms with Crippen LogP contribution in [0.25, 0.3) is 0 Å². The molecule has 2 nitrogen and oxygen atoms in total. The molecule has 80 valence electrons. The summed E-state index contributed by atoms with van der Waals surface area (Å²) in [6.07, 6.45) is 1.12. The van der Waals surface area contributed by atoms with Crippen LogP contribution >= 0.6 is 22.9 Å². The molecule has 0 aliphatic heterocycles. The Kier molecular flexibility index (Phi) is 5.48. The zero-order valence-electron chi connectivity index (χ0n) is 8.55. The normalized spacial score (nSPS) is 13.1. The van der Waals surface area contributed by atoms with E-state index in [9.17, 15) is 0 Å². The predicted octanol–water partition coefficient (Wildman–Crippen LogP) is 3.09. The highest BCUT2D eigenvalue weighted by Gasteiger charge is 2.12. The lowest BCUT2D eigenvalue weighted by atomic mass is 10.2. The van der Waals surface area contributed by atoms with Gasteiger partial charge in [-0.15, -0.1) is 11.3 Å². The first-order valence-electron chi connectivity index (χ1n) is 4.75. The Hall–Kier alpha value is -0.0900. The lowest BCUT2D eigenvalue weighted by Crippen LogP contribution is -2.25. The fourth-order valence-electron chi connectivity index (χ4n) is 1.24. The van der Waals surface area contributed by atoms with Crippen LogP contribution in [0.15, 0.2) is 12.1 Å². The first-order chi connectivity index (χ1) is 6.77. The third-order valence-corrected chi connectivity index (χ3v) is 3.26. The van der Waals surface area contributed by atoms with Crippen LogP contribution in [0.4, 0.5) is 0 Å². The van der Waals surface area contributed by atoms with Crippen molar-refractivity contribution >= 4 is 22.9 Å². The van der Waals surface area contributed by atoms with Crippen molar-refractivity contribution in [2.75, 3.05) is 20.3 Å². The highest BCUT2D eigenvalue weighted by Crippen LogP contribution is 2.26. The van der Waals surface area contributed by atoms with E-state index < -0.39 is 0 Å². The predicted molar refractivity (Wildman–Crippen MR) is 62.2 cm³/mol. The average Bonchev–Trinajstić information content (AvgIpc) is 2.59. The maximum Gasteiger partial charge on any atom is 0.0931 e. The van der Waals surface area contributed by atoms with Gasteiger partial charge in [-0.2, -0.15) is 0 Å². The van der Waals surface area contributed by atoms with Gasteiger partial charge in [0.1, 0.15) is 0 Å². The van der Waals surface area contributed by atoms with Crippen molar-refractivity contribution in [3.05, 3.63) is 21.3 Å². The van der Waals surface area contributed by atoms with Crippen LogP contribution in [0.2, 0.25) is 4.34 Å². The second-order valence-corrected chi connectivity index (χ2v) is 4.85. The molecule has 0 bridgehead atoms. The first-order valence-corrected chi connectivity index (χ1v) is 5.95. The minimum Gasteiger partial charge on any atom is -0.383 e. The Balaban J connectivity index is 2.57. The van der Waals surface area contributed by atoms with Gasteiger partial charge in [-0.25, -0.2) is 0 Å². The third kappa shape index (κ3) is 3.58. The van der Waals surface area contributed by atoms with Crippen molar-refractivity contribution in [2.24, 2.45) is 0 Å². The monoisotopic (exact) mass is 233 g/mol. The van der Waals surface area contributed by atoms with Crippen LogP contribution in [0.1, 0.15) is 24.3 Å². The topological polar surface area (TPSA) is 21.3 Å². The zero-order chi connectivity index (χ0) is 10.4. The molecule has 0 fully saturated rings. The first kappa shape index (κ1) is 12.0. The number of hydrogen-bond donors (Lipinski definition) is 1. The van der Waals surface area contributed by atoms with Crippen LogP contribution < -0.4 is 5.32 Å². The molecule has 1 atom stereocenters. The lowest BCUT2D eigenvalue weighted by molar-refractivity contribution is 0.168. The molecule has 1 aromatic heterocycles. The Bertz CT molecular complexity index is 264. The van der Waals surface area contributed by atoms with Crippen LogP contribution in [0, 0.1) is 0 Å². The molecule has 0 saturated carbocycles. The van der Waals surface area contributed by atoms with Gasteiger partial charge in [0.15, 0.2) is 0 Å². The van der Waals surface area contributed by atoms with E-state index in [0.29, 0.717) is 6.61 Å². The van der Waals surface area contributed by atoms with Crippen molar-refractivity contribution < 1.29 is 4.74 Å². The Morgan fingerprint density at radius 1 is 1.57 bits per heavy atom. The maximum atomic E-state index is 5.89. The van der Waals surface area contributed by atoms with Crippen LogP contribution in [-0.2, 0) is 4.74 Å². The second kappa shape index (κ2) is 6.40. The molecule has 1 unspecified atom stereocenters. The summed E-state index contributed by atoms with van der Waals surface area (Å²) in [5, 5.41) is 3.43. The molecule has 0 spiro atoms. The molecular formula is C10H16ClNOS. The highest BCUT2D eigenvalue weighted by atomic mass is 35.5. The van der Waals surface area contributed by atoms with Crippen LogP contribution in [-0.4, -0.2) is 20.3 Å². The van der Waals surface area contributed by atoms with Gasteiger partial charge >= 0.3 is 0 Å². The maximum absolute atomic E-state index is 5.89. The van der Waals surface area contributed by atoms with Crippen LogP contribution in [0.3, 0.4) is 0 Å². The number of rotatable bonds is 6. The summed E-state index contributed by atoms with van der Waals surface area (Å²) in [7, 11) is 1.72. The van der Waals surface area contributed by atoms with E-state index in [1.54, 1.807) is 18.4 Å². The lowest BCUT2D eigenvalue weighted by Gasteiger charge is -2.15. The molecule has 1 N–H and O–H groups in total. The number of nitrogens with one attached hydrogen (secondary N) is 1. The summed E-state index contributed by atoms with van der Waals surface area (Å²) in [6.45, 7) is 3.85. The molecular weight excluding hydrogens is 218 g/mol. The third-order valence-electron chi connectivity index (χ3n) is 1.91. The standard InChI is InChI=1S/C10H16ClNOS/c1-3-6-12-8(7-13-2)9-4-5-10(11)14-9/h4-5,8,12H,3,6-7H2,1-2H3. The van der Waals surface area contributed by atoms with Gasteiger partial charge in [0, 0.05) is 12.0 Å². The van der Waals surface area contributed by atoms with Gasteiger partial charge in [-0.1, -0.05) is 18.5 Å². The quantitative estimate of drug-likeness (QED) is 0.816. The summed E-state index contributed by atoms with van der Waals surface area (Å²) in [5.74, 6) is 0. The van der Waals surface area contributed by atoms with E-state index in [0.717, 1.165) is 17.3 Å². The van der Waals surface area contributed by atoms with Crippen molar-refractivity contribution in [3.63, 3.8) is 0 Å². The number of hydrogen-bond acceptors (Lipinski definition) is 3. The molecule has 0 aliphatic rings. The molecule has 0 saturated heterocycles. The summed E-state index contributed by atoms with van der Waals surface area (Å²) in [5.41, 5.74) is 0. The van der Waals surface area contributed by atoms with Gasteiger partial charge in [-0.05, 0) is 25.1 Å². The van der Waals surface area contributed by atoms with Gasteiger partial charge in [-0.3, -0.25) is 0 Å². The molecule has 0 radical (unpaired) electrons. The Labute approximate surface area is 94.2 Å². The minimum absolute atomic E-state index is 0.275. The second-order valence-electron chi connectivity index (χ2n) is 3.10. The van der Waals surface area contributed by atoms with Crippen molar-refractivity contribution in [2.45, 2.75) is 19.4 Å². The molecule has 14 heavy (non-hydrogen) atoms. The fraction of sp³-hybridized carbons (Fsp3) is 0.600. The Morgan fingerprint density at radius 2 is 2.36 bits per heavy atom. The van der Waals surface area contributed by atoms with Gasteiger partial charge < -0.3 is 10.1 Å². The van der Waals surface area contributed by atoms with E-state index >= 15 is 0 Å². The molecule has 1 rings (SSSR count). The van der Waals surface area contributed by atoms with E-state index in [1.807, 2.05) is 6.07 Å². The summed E-state index contributed by atoms with van der Waals surface area (Å²) in [6, 6.07) is 4.26. The smallest absolute Gasteiger partial charge is 0.0931 e. The molecule has 1 heterocycles. The molecule has 1 aromatic rings. The van der Waals surface area contributed by atoms with Gasteiger partial charge in [0.05, 0.1) is 17.0 Å². The van der Waals surface area contributed by atoms with Crippen molar-refractivity contribution in [3.8, 4) is 0 Å². The summed E-state index contributed by atoms with van der Waals surface area (Å²) < 4.78 is 6.00. The molecule has 0 aromatic carbocycles. The number of methoxy groups -OCH3 is 1. The molecule has 4 heteroatoms. The van der Waals surface area contributed by atoms with Gasteiger partial charge in [0.25, 0.3) is 0 Å². The SMILES string of the molecule is CCCNC(COC)c1ccc(Cl)s1. The largest absolute Gasteiger partial charge is 0.383 e. The van der Waals surface area contributed by atoms with Crippen molar-refractivity contribution in [1.82, 2.24) is 5.32 Å². The van der Waals surface area contributed by atoms with Crippen LogP contribution in [0.5, 0.6) is 0 Å². The number of thiophene rings is 1. The Morgan fingerprint density at radius 3 is 2.86 bits per heavy atom. The molecule has 0 aliphatic carbocycles. The fourth-order valence-corrected chi connectivity index (χ4v) is 2.36. The van der Waals surface area contributed by atoms with E-state index in [-0.39, 0.29) is 6.04 Å². The van der Waals surface area contributed by atoms with Crippen molar-refractivity contribution in [1.29, 1.82) is 0 Å². The van der Waals surface area contributed by atoms with E-state index in [4.69, 9.17) is 16.3 Å². The number of halogens is 1. The average molecular weight is 234 g/mol.